The van der Waals surface area contributed by atoms with E-state index in [0.29, 0.717) is 5.56 Å². The van der Waals surface area contributed by atoms with Crippen LogP contribution in [0.2, 0.25) is 0 Å². The van der Waals surface area contributed by atoms with Crippen molar-refractivity contribution in [2.24, 2.45) is 5.73 Å². The number of amides is 1. The fourth-order valence-corrected chi connectivity index (χ4v) is 1.09. The normalized spacial score (nSPS) is 10.4. The van der Waals surface area contributed by atoms with Crippen molar-refractivity contribution < 1.29 is 23.8 Å². The Morgan fingerprint density at radius 2 is 2.12 bits per heavy atom. The third-order valence-corrected chi connectivity index (χ3v) is 1.69. The summed E-state index contributed by atoms with van der Waals surface area (Å²) in [5.41, 5.74) is 5.18. The molecule has 6 heteroatoms. The zero-order valence-electron chi connectivity index (χ0n) is 8.72. The standard InChI is InChI=1S/C11H10FNO4/c12-8-3-7(1-2-11(15)16)4-9(5-8)17-6-10(13)14/h1-5H,6H2,(H2,13,14)(H,15,16)/b2-1+. The predicted octanol–water partition coefficient (Wildman–Crippen LogP) is 0.788. The molecule has 0 aliphatic carbocycles. The molecule has 0 saturated carbocycles. The van der Waals surface area contributed by atoms with Crippen molar-refractivity contribution in [3.63, 3.8) is 0 Å². The van der Waals surface area contributed by atoms with Gasteiger partial charge in [-0.25, -0.2) is 9.18 Å². The number of halogens is 1. The molecule has 1 aromatic rings. The Morgan fingerprint density at radius 1 is 1.41 bits per heavy atom. The number of carbonyl (C=O) groups excluding carboxylic acids is 1. The summed E-state index contributed by atoms with van der Waals surface area (Å²) in [6, 6.07) is 3.60. The number of ether oxygens (including phenoxy) is 1. The van der Waals surface area contributed by atoms with E-state index in [2.05, 4.69) is 0 Å². The van der Waals surface area contributed by atoms with Gasteiger partial charge in [0.2, 0.25) is 0 Å². The van der Waals surface area contributed by atoms with Crippen molar-refractivity contribution in [2.45, 2.75) is 0 Å². The molecule has 0 bridgehead atoms. The molecule has 0 spiro atoms. The Bertz CT molecular complexity index is 471. The number of carbonyl (C=O) groups is 2. The molecular weight excluding hydrogens is 229 g/mol. The number of aliphatic carboxylic acids is 1. The average molecular weight is 239 g/mol. The second kappa shape index (κ2) is 5.64. The molecule has 1 rings (SSSR count). The van der Waals surface area contributed by atoms with Crippen molar-refractivity contribution >= 4 is 18.0 Å². The molecule has 3 N–H and O–H groups in total. The summed E-state index contributed by atoms with van der Waals surface area (Å²) in [5.74, 6) is -2.32. The number of nitrogens with two attached hydrogens (primary N) is 1. The number of benzene rings is 1. The Hall–Kier alpha value is -2.37. The van der Waals surface area contributed by atoms with Gasteiger partial charge in [-0.1, -0.05) is 0 Å². The minimum absolute atomic E-state index is 0.105. The summed E-state index contributed by atoms with van der Waals surface area (Å²) in [7, 11) is 0. The van der Waals surface area contributed by atoms with E-state index < -0.39 is 17.7 Å². The van der Waals surface area contributed by atoms with E-state index in [4.69, 9.17) is 15.6 Å². The smallest absolute Gasteiger partial charge is 0.328 e. The number of rotatable bonds is 5. The lowest BCUT2D eigenvalue weighted by molar-refractivity contribution is -0.131. The maximum atomic E-state index is 13.1. The highest BCUT2D eigenvalue weighted by molar-refractivity contribution is 5.85. The predicted molar refractivity (Wildman–Crippen MR) is 57.8 cm³/mol. The van der Waals surface area contributed by atoms with Crippen molar-refractivity contribution in [2.75, 3.05) is 6.61 Å². The molecular formula is C11H10FNO4. The van der Waals surface area contributed by atoms with Gasteiger partial charge < -0.3 is 15.6 Å². The molecule has 5 nitrogen and oxygen atoms in total. The van der Waals surface area contributed by atoms with Gasteiger partial charge in [-0.15, -0.1) is 0 Å². The monoisotopic (exact) mass is 239 g/mol. The largest absolute Gasteiger partial charge is 0.484 e. The molecule has 0 radical (unpaired) electrons. The summed E-state index contributed by atoms with van der Waals surface area (Å²) in [6.07, 6.45) is 2.08. The molecule has 0 heterocycles. The Labute approximate surface area is 96.3 Å². The van der Waals surface area contributed by atoms with E-state index >= 15 is 0 Å². The number of primary amides is 1. The van der Waals surface area contributed by atoms with Crippen LogP contribution in [0, 0.1) is 5.82 Å². The van der Waals surface area contributed by atoms with E-state index in [1.165, 1.54) is 12.1 Å². The van der Waals surface area contributed by atoms with E-state index in [9.17, 15) is 14.0 Å². The zero-order valence-corrected chi connectivity index (χ0v) is 8.72. The van der Waals surface area contributed by atoms with Crippen LogP contribution in [0.15, 0.2) is 24.3 Å². The van der Waals surface area contributed by atoms with Crippen molar-refractivity contribution in [1.29, 1.82) is 0 Å². The number of carboxylic acids is 1. The highest BCUT2D eigenvalue weighted by Crippen LogP contribution is 2.17. The molecule has 0 aliphatic heterocycles. The first kappa shape index (κ1) is 12.7. The minimum atomic E-state index is -1.14. The summed E-state index contributed by atoms with van der Waals surface area (Å²) in [4.78, 5) is 20.8. The lowest BCUT2D eigenvalue weighted by Crippen LogP contribution is -2.20. The fourth-order valence-electron chi connectivity index (χ4n) is 1.09. The summed E-state index contributed by atoms with van der Waals surface area (Å²) < 4.78 is 18.0. The van der Waals surface area contributed by atoms with Crippen LogP contribution in [-0.2, 0) is 9.59 Å². The van der Waals surface area contributed by atoms with E-state index in [1.54, 1.807) is 0 Å². The van der Waals surface area contributed by atoms with Crippen LogP contribution in [0.1, 0.15) is 5.56 Å². The van der Waals surface area contributed by atoms with Crippen molar-refractivity contribution in [3.05, 3.63) is 35.7 Å². The average Bonchev–Trinajstić information content (AvgIpc) is 2.23. The molecule has 0 saturated heterocycles. The number of carboxylic acid groups (broad SMARTS) is 1. The third-order valence-electron chi connectivity index (χ3n) is 1.69. The fraction of sp³-hybridized carbons (Fsp3) is 0.0909. The van der Waals surface area contributed by atoms with Gasteiger partial charge >= 0.3 is 5.97 Å². The highest BCUT2D eigenvalue weighted by atomic mass is 19.1. The van der Waals surface area contributed by atoms with Crippen LogP contribution in [-0.4, -0.2) is 23.6 Å². The topological polar surface area (TPSA) is 89.6 Å². The van der Waals surface area contributed by atoms with Crippen LogP contribution in [0.3, 0.4) is 0 Å². The van der Waals surface area contributed by atoms with Crippen molar-refractivity contribution in [3.8, 4) is 5.75 Å². The zero-order chi connectivity index (χ0) is 12.8. The number of hydrogen-bond acceptors (Lipinski definition) is 3. The quantitative estimate of drug-likeness (QED) is 0.743. The SMILES string of the molecule is NC(=O)COc1cc(F)cc(/C=C/C(=O)O)c1. The second-order valence-corrected chi connectivity index (χ2v) is 3.15. The number of hydrogen-bond donors (Lipinski definition) is 2. The Morgan fingerprint density at radius 3 is 2.71 bits per heavy atom. The van der Waals surface area contributed by atoms with Crippen LogP contribution in [0.4, 0.5) is 4.39 Å². The van der Waals surface area contributed by atoms with Gasteiger partial charge in [-0.3, -0.25) is 4.79 Å². The summed E-state index contributed by atoms with van der Waals surface area (Å²) >= 11 is 0. The van der Waals surface area contributed by atoms with Gasteiger partial charge in [-0.2, -0.15) is 0 Å². The molecule has 0 atom stereocenters. The van der Waals surface area contributed by atoms with Gasteiger partial charge in [0.25, 0.3) is 5.91 Å². The molecule has 17 heavy (non-hydrogen) atoms. The lowest BCUT2D eigenvalue weighted by atomic mass is 10.2. The first-order valence-corrected chi connectivity index (χ1v) is 4.60. The van der Waals surface area contributed by atoms with Crippen LogP contribution in [0.5, 0.6) is 5.75 Å². The van der Waals surface area contributed by atoms with Gasteiger partial charge in [0, 0.05) is 12.1 Å². The van der Waals surface area contributed by atoms with Crippen LogP contribution in [0.25, 0.3) is 6.08 Å². The third kappa shape index (κ3) is 4.78. The molecule has 1 aromatic carbocycles. The summed E-state index contributed by atoms with van der Waals surface area (Å²) in [5, 5.41) is 8.42. The Kier molecular flexibility index (Phi) is 4.21. The molecule has 0 aliphatic rings. The molecule has 0 fully saturated rings. The maximum Gasteiger partial charge on any atom is 0.328 e. The van der Waals surface area contributed by atoms with Crippen LogP contribution < -0.4 is 10.5 Å². The van der Waals surface area contributed by atoms with E-state index in [1.807, 2.05) is 0 Å². The van der Waals surface area contributed by atoms with Crippen LogP contribution >= 0.6 is 0 Å². The first-order valence-electron chi connectivity index (χ1n) is 4.60. The highest BCUT2D eigenvalue weighted by Gasteiger charge is 2.02. The lowest BCUT2D eigenvalue weighted by Gasteiger charge is -2.04. The molecule has 90 valence electrons. The van der Waals surface area contributed by atoms with E-state index in [0.717, 1.165) is 18.2 Å². The van der Waals surface area contributed by atoms with Gasteiger partial charge in [0.1, 0.15) is 11.6 Å². The summed E-state index contributed by atoms with van der Waals surface area (Å²) in [6.45, 7) is -0.370. The molecule has 1 amide bonds. The van der Waals surface area contributed by atoms with Gasteiger partial charge in [0.05, 0.1) is 0 Å². The van der Waals surface area contributed by atoms with E-state index in [-0.39, 0.29) is 12.4 Å². The minimum Gasteiger partial charge on any atom is -0.484 e. The Balaban J connectivity index is 2.86. The van der Waals surface area contributed by atoms with Crippen molar-refractivity contribution in [1.82, 2.24) is 0 Å². The molecule has 0 unspecified atom stereocenters. The first-order chi connectivity index (χ1) is 7.97. The second-order valence-electron chi connectivity index (χ2n) is 3.15. The van der Waals surface area contributed by atoms with Gasteiger partial charge in [0.15, 0.2) is 6.61 Å². The van der Waals surface area contributed by atoms with Gasteiger partial charge in [-0.05, 0) is 23.8 Å². The molecule has 0 aromatic heterocycles. The maximum absolute atomic E-state index is 13.1.